The predicted molar refractivity (Wildman–Crippen MR) is 224 cm³/mol. The molecule has 0 aromatic heterocycles. The number of nitrogens with one attached hydrogen (secondary N) is 1. The molecule has 0 saturated carbocycles. The highest BCUT2D eigenvalue weighted by Gasteiger charge is 2.44. The maximum Gasteiger partial charge on any atom is 0.249 e. The molecule has 0 aromatic carbocycles. The molecule has 0 spiro atoms. The lowest BCUT2D eigenvalue weighted by atomic mass is 9.98. The molecule has 1 aliphatic heterocycles. The summed E-state index contributed by atoms with van der Waals surface area (Å²) in [4.78, 5) is 13.1. The average Bonchev–Trinajstić information content (AvgIpc) is 3.20. The fourth-order valence-electron chi connectivity index (χ4n) is 7.74. The minimum Gasteiger partial charge on any atom is -0.394 e. The van der Waals surface area contributed by atoms with Crippen LogP contribution in [0.25, 0.3) is 0 Å². The molecule has 9 unspecified atom stereocenters. The molecule has 56 heavy (non-hydrogen) atoms. The molecule has 0 radical (unpaired) electrons. The van der Waals surface area contributed by atoms with Gasteiger partial charge >= 0.3 is 0 Å². The van der Waals surface area contributed by atoms with Crippen molar-refractivity contribution >= 4 is 5.91 Å². The van der Waals surface area contributed by atoms with Gasteiger partial charge in [-0.05, 0) is 12.8 Å². The summed E-state index contributed by atoms with van der Waals surface area (Å²) in [6.45, 7) is 3.45. The van der Waals surface area contributed by atoms with E-state index in [4.69, 9.17) is 9.47 Å². The highest BCUT2D eigenvalue weighted by atomic mass is 16.7. The molecule has 334 valence electrons. The van der Waals surface area contributed by atoms with Crippen LogP contribution >= 0.6 is 0 Å². The fraction of sp³-hybridized carbons (Fsp3) is 0.978. The van der Waals surface area contributed by atoms with Crippen molar-refractivity contribution in [2.75, 3.05) is 13.2 Å². The van der Waals surface area contributed by atoms with E-state index in [9.17, 15) is 40.5 Å². The third kappa shape index (κ3) is 25.6. The molecule has 1 rings (SSSR count). The Morgan fingerprint density at radius 2 is 0.929 bits per heavy atom. The van der Waals surface area contributed by atoms with E-state index in [0.29, 0.717) is 19.3 Å². The summed E-state index contributed by atoms with van der Waals surface area (Å²) in [7, 11) is 0. The summed E-state index contributed by atoms with van der Waals surface area (Å²) < 4.78 is 11.1. The number of rotatable bonds is 39. The Bertz CT molecular complexity index is 882. The summed E-state index contributed by atoms with van der Waals surface area (Å²) in [6, 6.07) is -1.16. The molecule has 11 heteroatoms. The van der Waals surface area contributed by atoms with Crippen LogP contribution in [0, 0.1) is 0 Å². The molecule has 8 N–H and O–H groups in total. The molecule has 1 amide bonds. The van der Waals surface area contributed by atoms with Crippen molar-refractivity contribution in [1.82, 2.24) is 5.32 Å². The topological polar surface area (TPSA) is 189 Å². The van der Waals surface area contributed by atoms with E-state index >= 15 is 0 Å². The number of carbonyl (C=O) groups excluding carboxylic acids is 1. The fourth-order valence-corrected chi connectivity index (χ4v) is 7.74. The highest BCUT2D eigenvalue weighted by molar-refractivity contribution is 5.80. The van der Waals surface area contributed by atoms with Crippen LogP contribution < -0.4 is 5.32 Å². The first kappa shape index (κ1) is 53.1. The van der Waals surface area contributed by atoms with Crippen molar-refractivity contribution in [2.45, 2.75) is 268 Å². The Balaban J connectivity index is 2.45. The molecule has 9 atom stereocenters. The zero-order valence-electron chi connectivity index (χ0n) is 35.9. The third-order valence-electron chi connectivity index (χ3n) is 11.7. The molecule has 1 heterocycles. The first-order valence-electron chi connectivity index (χ1n) is 23.4. The number of aliphatic hydroxyl groups is 7. The lowest BCUT2D eigenvalue weighted by molar-refractivity contribution is -0.303. The molecule has 0 aromatic rings. The average molecular weight is 804 g/mol. The number of hydrogen-bond donors (Lipinski definition) is 8. The number of ether oxygens (including phenoxy) is 2. The number of hydrogen-bond acceptors (Lipinski definition) is 10. The van der Waals surface area contributed by atoms with Crippen molar-refractivity contribution in [1.29, 1.82) is 0 Å². The van der Waals surface area contributed by atoms with Crippen molar-refractivity contribution in [3.63, 3.8) is 0 Å². The molecule has 1 saturated heterocycles. The van der Waals surface area contributed by atoms with Gasteiger partial charge in [0.05, 0.1) is 25.4 Å². The SMILES string of the molecule is CCCCCCCCCCCCCCCCCC(O)C(O)C(COC1OC(CO)C(O)C(O)C1O)NC(=O)C(O)CCCCCCCCCCCCCCCC. The van der Waals surface area contributed by atoms with Gasteiger partial charge in [-0.2, -0.15) is 0 Å². The van der Waals surface area contributed by atoms with Crippen molar-refractivity contribution in [3.05, 3.63) is 0 Å². The van der Waals surface area contributed by atoms with Gasteiger partial charge in [0, 0.05) is 0 Å². The summed E-state index contributed by atoms with van der Waals surface area (Å²) >= 11 is 0. The number of carbonyl (C=O) groups is 1. The van der Waals surface area contributed by atoms with E-state index < -0.39 is 74.2 Å². The van der Waals surface area contributed by atoms with Crippen LogP contribution in [0.4, 0.5) is 0 Å². The minimum absolute atomic E-state index is 0.266. The largest absolute Gasteiger partial charge is 0.394 e. The van der Waals surface area contributed by atoms with Gasteiger partial charge < -0.3 is 50.5 Å². The summed E-state index contributed by atoms with van der Waals surface area (Å²) in [5, 5.41) is 75.6. The predicted octanol–water partition coefficient (Wildman–Crippen LogP) is 7.50. The second-order valence-electron chi connectivity index (χ2n) is 16.8. The van der Waals surface area contributed by atoms with Crippen LogP contribution in [0.15, 0.2) is 0 Å². The van der Waals surface area contributed by atoms with Gasteiger partial charge in [-0.1, -0.05) is 200 Å². The monoisotopic (exact) mass is 804 g/mol. The van der Waals surface area contributed by atoms with Gasteiger partial charge in [0.2, 0.25) is 5.91 Å². The van der Waals surface area contributed by atoms with E-state index in [1.807, 2.05) is 0 Å². The Labute approximate surface area is 341 Å². The van der Waals surface area contributed by atoms with Crippen molar-refractivity contribution < 1.29 is 50.0 Å². The molecule has 1 fully saturated rings. The summed E-state index contributed by atoms with van der Waals surface area (Å²) in [5.74, 6) is -0.694. The zero-order valence-corrected chi connectivity index (χ0v) is 35.9. The van der Waals surface area contributed by atoms with Crippen LogP contribution in [0.2, 0.25) is 0 Å². The van der Waals surface area contributed by atoms with Gasteiger partial charge in [-0.25, -0.2) is 0 Å². The molecular weight excluding hydrogens is 714 g/mol. The van der Waals surface area contributed by atoms with E-state index in [1.54, 1.807) is 0 Å². The second kappa shape index (κ2) is 36.0. The normalized spacial score (nSPS) is 22.2. The smallest absolute Gasteiger partial charge is 0.249 e. The van der Waals surface area contributed by atoms with Crippen molar-refractivity contribution in [2.24, 2.45) is 0 Å². The van der Waals surface area contributed by atoms with Crippen LogP contribution in [-0.4, -0.2) is 110 Å². The van der Waals surface area contributed by atoms with Gasteiger partial charge in [0.25, 0.3) is 0 Å². The highest BCUT2D eigenvalue weighted by Crippen LogP contribution is 2.23. The minimum atomic E-state index is -1.66. The second-order valence-corrected chi connectivity index (χ2v) is 16.8. The van der Waals surface area contributed by atoms with E-state index in [1.165, 1.54) is 135 Å². The Hall–Kier alpha value is -0.890. The molecule has 11 nitrogen and oxygen atoms in total. The molecule has 1 aliphatic rings. The number of aliphatic hydroxyl groups excluding tert-OH is 7. The maximum absolute atomic E-state index is 13.1. The summed E-state index contributed by atoms with van der Waals surface area (Å²) in [6.07, 6.45) is 24.3. The van der Waals surface area contributed by atoms with Gasteiger partial charge in [0.15, 0.2) is 6.29 Å². The molecule has 0 aliphatic carbocycles. The van der Waals surface area contributed by atoms with E-state index in [2.05, 4.69) is 19.2 Å². The molecular formula is C45H89NO10. The Morgan fingerprint density at radius 3 is 1.32 bits per heavy atom. The van der Waals surface area contributed by atoms with Gasteiger partial charge in [-0.3, -0.25) is 4.79 Å². The van der Waals surface area contributed by atoms with Gasteiger partial charge in [0.1, 0.15) is 36.6 Å². The first-order chi connectivity index (χ1) is 27.2. The van der Waals surface area contributed by atoms with Crippen LogP contribution in [-0.2, 0) is 14.3 Å². The lowest BCUT2D eigenvalue weighted by Gasteiger charge is -2.40. The standard InChI is InChI=1S/C45H89NO10/c1-3-5-7-9-11-13-15-17-19-21-22-24-26-28-30-32-37(48)40(50)36(35-55-45-43(53)42(52)41(51)39(34-47)56-45)46-44(54)38(49)33-31-29-27-25-23-20-18-16-14-12-10-8-6-4-2/h36-43,45,47-53H,3-35H2,1-2H3,(H,46,54). The third-order valence-corrected chi connectivity index (χ3v) is 11.7. The Morgan fingerprint density at radius 1 is 0.554 bits per heavy atom. The van der Waals surface area contributed by atoms with Crippen LogP contribution in [0.5, 0.6) is 0 Å². The van der Waals surface area contributed by atoms with Crippen molar-refractivity contribution in [3.8, 4) is 0 Å². The quantitative estimate of drug-likeness (QED) is 0.0289. The van der Waals surface area contributed by atoms with E-state index in [-0.39, 0.29) is 6.42 Å². The zero-order chi connectivity index (χ0) is 41.2. The number of amides is 1. The maximum atomic E-state index is 13.1. The summed E-state index contributed by atoms with van der Waals surface area (Å²) in [5.41, 5.74) is 0. The van der Waals surface area contributed by atoms with Crippen LogP contribution in [0.1, 0.15) is 213 Å². The number of unbranched alkanes of at least 4 members (excludes halogenated alkanes) is 27. The lowest BCUT2D eigenvalue weighted by Crippen LogP contribution is -2.60. The van der Waals surface area contributed by atoms with Crippen LogP contribution in [0.3, 0.4) is 0 Å². The van der Waals surface area contributed by atoms with E-state index in [0.717, 1.165) is 38.5 Å². The Kier molecular flexibility index (Phi) is 34.2. The van der Waals surface area contributed by atoms with Gasteiger partial charge in [-0.15, -0.1) is 0 Å². The molecule has 0 bridgehead atoms. The first-order valence-corrected chi connectivity index (χ1v) is 23.4.